The van der Waals surface area contributed by atoms with Crippen molar-refractivity contribution in [2.24, 2.45) is 0 Å². The van der Waals surface area contributed by atoms with Crippen LogP contribution in [-0.2, 0) is 11.3 Å². The lowest BCUT2D eigenvalue weighted by molar-refractivity contribution is -0.121. The molecular weight excluding hydrogens is 400 g/mol. The Bertz CT molecular complexity index is 805. The van der Waals surface area contributed by atoms with Crippen LogP contribution in [0.15, 0.2) is 60.7 Å². The van der Waals surface area contributed by atoms with E-state index in [0.717, 1.165) is 58.7 Å². The van der Waals surface area contributed by atoms with Crippen LogP contribution >= 0.6 is 0 Å². The first-order valence-corrected chi connectivity index (χ1v) is 11.8. The van der Waals surface area contributed by atoms with Gasteiger partial charge in [-0.05, 0) is 43.5 Å². The maximum Gasteiger partial charge on any atom is 0.251 e. The number of hydrogen-bond donors (Lipinski definition) is 2. The van der Waals surface area contributed by atoms with Crippen molar-refractivity contribution in [2.75, 3.05) is 45.8 Å². The third kappa shape index (κ3) is 8.81. The van der Waals surface area contributed by atoms with E-state index in [9.17, 15) is 9.59 Å². The van der Waals surface area contributed by atoms with Crippen LogP contribution in [0.25, 0.3) is 0 Å². The average molecular weight is 437 g/mol. The van der Waals surface area contributed by atoms with Crippen LogP contribution in [0.5, 0.6) is 0 Å². The van der Waals surface area contributed by atoms with Crippen LogP contribution in [-0.4, -0.2) is 67.4 Å². The van der Waals surface area contributed by atoms with Crippen LogP contribution in [0.2, 0.25) is 0 Å². The number of benzene rings is 2. The van der Waals surface area contributed by atoms with Crippen molar-refractivity contribution in [2.45, 2.75) is 32.2 Å². The van der Waals surface area contributed by atoms with Gasteiger partial charge in [0.25, 0.3) is 5.91 Å². The molecule has 0 unspecified atom stereocenters. The van der Waals surface area contributed by atoms with Crippen LogP contribution in [0.4, 0.5) is 0 Å². The van der Waals surface area contributed by atoms with Crippen molar-refractivity contribution < 1.29 is 9.59 Å². The van der Waals surface area contributed by atoms with E-state index in [1.165, 1.54) is 5.56 Å². The molecule has 0 atom stereocenters. The predicted octanol–water partition coefficient (Wildman–Crippen LogP) is 2.91. The van der Waals surface area contributed by atoms with Crippen molar-refractivity contribution in [3.63, 3.8) is 0 Å². The highest BCUT2D eigenvalue weighted by molar-refractivity contribution is 5.94. The van der Waals surface area contributed by atoms with Crippen molar-refractivity contribution in [3.05, 3.63) is 71.8 Å². The van der Waals surface area contributed by atoms with Gasteiger partial charge >= 0.3 is 0 Å². The normalized spacial score (nSPS) is 14.8. The molecular formula is C26H36N4O2. The Morgan fingerprint density at radius 3 is 2.06 bits per heavy atom. The fourth-order valence-corrected chi connectivity index (χ4v) is 3.93. The highest BCUT2D eigenvalue weighted by Gasteiger charge is 2.16. The Morgan fingerprint density at radius 1 is 0.719 bits per heavy atom. The summed E-state index contributed by atoms with van der Waals surface area (Å²) in [6.45, 7) is 7.85. The van der Waals surface area contributed by atoms with Crippen LogP contribution in [0.1, 0.15) is 41.6 Å². The van der Waals surface area contributed by atoms with Crippen molar-refractivity contribution in [1.29, 1.82) is 0 Å². The summed E-state index contributed by atoms with van der Waals surface area (Å²) in [4.78, 5) is 29.0. The zero-order valence-corrected chi connectivity index (χ0v) is 19.0. The minimum atomic E-state index is -0.0908. The van der Waals surface area contributed by atoms with E-state index < -0.39 is 0 Å². The lowest BCUT2D eigenvalue weighted by Crippen LogP contribution is -2.46. The van der Waals surface area contributed by atoms with Gasteiger partial charge in [-0.3, -0.25) is 14.5 Å². The summed E-state index contributed by atoms with van der Waals surface area (Å²) in [6.07, 6.45) is 3.20. The first-order chi connectivity index (χ1) is 15.7. The van der Waals surface area contributed by atoms with Crippen molar-refractivity contribution in [1.82, 2.24) is 20.4 Å². The second kappa shape index (κ2) is 13.7. The van der Waals surface area contributed by atoms with Gasteiger partial charge in [-0.1, -0.05) is 48.5 Å². The summed E-state index contributed by atoms with van der Waals surface area (Å²) >= 11 is 0. The molecule has 1 fully saturated rings. The number of piperazine rings is 1. The van der Waals surface area contributed by atoms with E-state index >= 15 is 0 Å². The maximum absolute atomic E-state index is 12.0. The fraction of sp³-hybridized carbons (Fsp3) is 0.462. The van der Waals surface area contributed by atoms with E-state index in [4.69, 9.17) is 0 Å². The van der Waals surface area contributed by atoms with Gasteiger partial charge in [-0.25, -0.2) is 0 Å². The van der Waals surface area contributed by atoms with E-state index in [1.807, 2.05) is 18.2 Å². The summed E-state index contributed by atoms with van der Waals surface area (Å²) in [7, 11) is 0. The molecule has 1 heterocycles. The van der Waals surface area contributed by atoms with Gasteiger partial charge in [0, 0.05) is 57.8 Å². The molecule has 172 valence electrons. The lowest BCUT2D eigenvalue weighted by Gasteiger charge is -2.34. The highest BCUT2D eigenvalue weighted by atomic mass is 16.2. The number of nitrogens with one attached hydrogen (secondary N) is 2. The third-order valence-electron chi connectivity index (χ3n) is 5.84. The Morgan fingerprint density at radius 2 is 1.34 bits per heavy atom. The number of unbranched alkanes of at least 4 members (excludes halogenated alkanes) is 1. The zero-order valence-electron chi connectivity index (χ0n) is 19.0. The molecule has 0 bridgehead atoms. The molecule has 0 aliphatic carbocycles. The first-order valence-electron chi connectivity index (χ1n) is 11.8. The molecule has 2 aromatic rings. The molecule has 6 heteroatoms. The lowest BCUT2D eigenvalue weighted by atomic mass is 10.2. The third-order valence-corrected chi connectivity index (χ3v) is 5.84. The predicted molar refractivity (Wildman–Crippen MR) is 128 cm³/mol. The smallest absolute Gasteiger partial charge is 0.251 e. The van der Waals surface area contributed by atoms with E-state index in [-0.39, 0.29) is 11.8 Å². The monoisotopic (exact) mass is 436 g/mol. The number of carbonyl (C=O) groups is 2. The second-order valence-corrected chi connectivity index (χ2v) is 8.39. The topological polar surface area (TPSA) is 64.7 Å². The standard InChI is InChI=1S/C26H36N4O2/c31-25(14-9-16-28-26(32)24-12-5-2-6-13-24)27-15-7-8-17-29-18-20-30(21-19-29)22-23-10-3-1-4-11-23/h1-6,10-13H,7-9,14-22H2,(H,27,31)(H,28,32). The van der Waals surface area contributed by atoms with Gasteiger partial charge in [0.1, 0.15) is 0 Å². The molecule has 1 aliphatic rings. The molecule has 1 saturated heterocycles. The number of hydrogen-bond acceptors (Lipinski definition) is 4. The highest BCUT2D eigenvalue weighted by Crippen LogP contribution is 2.09. The Kier molecular flexibility index (Phi) is 10.2. The van der Waals surface area contributed by atoms with Crippen LogP contribution in [0.3, 0.4) is 0 Å². The molecule has 0 aromatic heterocycles. The Balaban J connectivity index is 1.16. The molecule has 3 rings (SSSR count). The summed E-state index contributed by atoms with van der Waals surface area (Å²) < 4.78 is 0. The zero-order chi connectivity index (χ0) is 22.4. The van der Waals surface area contributed by atoms with Gasteiger partial charge < -0.3 is 15.5 Å². The van der Waals surface area contributed by atoms with Gasteiger partial charge in [0.05, 0.1) is 0 Å². The molecule has 0 saturated carbocycles. The molecule has 2 aromatic carbocycles. The molecule has 2 amide bonds. The molecule has 0 spiro atoms. The van der Waals surface area contributed by atoms with Gasteiger partial charge in [0.15, 0.2) is 0 Å². The average Bonchev–Trinajstić information content (AvgIpc) is 2.84. The number of nitrogens with zero attached hydrogens (tertiary/aromatic N) is 2. The van der Waals surface area contributed by atoms with Crippen molar-refractivity contribution >= 4 is 11.8 Å². The molecule has 32 heavy (non-hydrogen) atoms. The second-order valence-electron chi connectivity index (χ2n) is 8.39. The SMILES string of the molecule is O=C(CCCNC(=O)c1ccccc1)NCCCCN1CCN(Cc2ccccc2)CC1. The van der Waals surface area contributed by atoms with Gasteiger partial charge in [0.2, 0.25) is 5.91 Å². The molecule has 6 nitrogen and oxygen atoms in total. The largest absolute Gasteiger partial charge is 0.356 e. The molecule has 2 N–H and O–H groups in total. The number of carbonyl (C=O) groups excluding carboxylic acids is 2. The number of rotatable bonds is 12. The Hall–Kier alpha value is -2.70. The quantitative estimate of drug-likeness (QED) is 0.502. The maximum atomic E-state index is 12.0. The minimum Gasteiger partial charge on any atom is -0.356 e. The van der Waals surface area contributed by atoms with Crippen LogP contribution in [0, 0.1) is 0 Å². The van der Waals surface area contributed by atoms with Gasteiger partial charge in [-0.15, -0.1) is 0 Å². The summed E-state index contributed by atoms with van der Waals surface area (Å²) in [5.74, 6) is -0.0274. The van der Waals surface area contributed by atoms with E-state index in [0.29, 0.717) is 24.9 Å². The van der Waals surface area contributed by atoms with Crippen LogP contribution < -0.4 is 10.6 Å². The Labute approximate surface area is 192 Å². The van der Waals surface area contributed by atoms with Gasteiger partial charge in [-0.2, -0.15) is 0 Å². The number of amides is 2. The van der Waals surface area contributed by atoms with E-state index in [1.54, 1.807) is 12.1 Å². The minimum absolute atomic E-state index is 0.0634. The van der Waals surface area contributed by atoms with E-state index in [2.05, 4.69) is 50.8 Å². The summed E-state index contributed by atoms with van der Waals surface area (Å²) in [6, 6.07) is 19.8. The fourth-order valence-electron chi connectivity index (χ4n) is 3.93. The summed E-state index contributed by atoms with van der Waals surface area (Å²) in [5.41, 5.74) is 2.03. The first kappa shape index (κ1) is 24.0. The summed E-state index contributed by atoms with van der Waals surface area (Å²) in [5, 5.41) is 5.85. The molecule has 1 aliphatic heterocycles. The van der Waals surface area contributed by atoms with Crippen molar-refractivity contribution in [3.8, 4) is 0 Å². The molecule has 0 radical (unpaired) electrons.